The maximum Gasteiger partial charge on any atom is 0.241 e. The summed E-state index contributed by atoms with van der Waals surface area (Å²) in [5.41, 5.74) is 3.31. The number of aryl methyl sites for hydroxylation is 2. The summed E-state index contributed by atoms with van der Waals surface area (Å²) >= 11 is 0. The van der Waals surface area contributed by atoms with Crippen molar-refractivity contribution >= 4 is 21.6 Å². The van der Waals surface area contributed by atoms with Gasteiger partial charge in [-0.2, -0.15) is 0 Å². The van der Waals surface area contributed by atoms with Crippen molar-refractivity contribution in [1.82, 2.24) is 5.32 Å². The first-order valence-corrected chi connectivity index (χ1v) is 11.3. The third-order valence-electron chi connectivity index (χ3n) is 4.57. The zero-order chi connectivity index (χ0) is 20.9. The maximum atomic E-state index is 12.8. The molecule has 2 aromatic rings. The molecule has 0 bridgehead atoms. The van der Waals surface area contributed by atoms with Gasteiger partial charge in [-0.1, -0.05) is 56.3 Å². The van der Waals surface area contributed by atoms with Gasteiger partial charge in [0.2, 0.25) is 15.9 Å². The van der Waals surface area contributed by atoms with Crippen LogP contribution < -0.4 is 9.62 Å². The van der Waals surface area contributed by atoms with E-state index < -0.39 is 10.0 Å². The quantitative estimate of drug-likeness (QED) is 0.726. The summed E-state index contributed by atoms with van der Waals surface area (Å²) in [4.78, 5) is 12.8. The number of hydrogen-bond acceptors (Lipinski definition) is 3. The first-order chi connectivity index (χ1) is 13.1. The third kappa shape index (κ3) is 6.09. The minimum Gasteiger partial charge on any atom is -0.348 e. The Balaban J connectivity index is 2.26. The second-order valence-electron chi connectivity index (χ2n) is 7.72. The maximum absolute atomic E-state index is 12.8. The van der Waals surface area contributed by atoms with Gasteiger partial charge in [-0.05, 0) is 48.9 Å². The molecule has 0 heterocycles. The van der Waals surface area contributed by atoms with Crippen LogP contribution in [0.25, 0.3) is 0 Å². The molecule has 6 heteroatoms. The molecule has 0 fully saturated rings. The highest BCUT2D eigenvalue weighted by molar-refractivity contribution is 7.92. The van der Waals surface area contributed by atoms with E-state index in [4.69, 9.17) is 0 Å². The predicted molar refractivity (Wildman–Crippen MR) is 115 cm³/mol. The normalized spacial score (nSPS) is 12.6. The molecule has 0 aromatic heterocycles. The van der Waals surface area contributed by atoms with Gasteiger partial charge in [0.1, 0.15) is 6.54 Å². The lowest BCUT2D eigenvalue weighted by Crippen LogP contribution is -2.42. The number of anilines is 1. The summed E-state index contributed by atoms with van der Waals surface area (Å²) in [6.07, 6.45) is 1.91. The first-order valence-electron chi connectivity index (χ1n) is 9.47. The van der Waals surface area contributed by atoms with Crippen molar-refractivity contribution in [1.29, 1.82) is 0 Å². The van der Waals surface area contributed by atoms with Gasteiger partial charge in [-0.3, -0.25) is 9.10 Å². The number of nitrogens with one attached hydrogen (secondary N) is 1. The summed E-state index contributed by atoms with van der Waals surface area (Å²) < 4.78 is 26.0. The molecule has 5 nitrogen and oxygen atoms in total. The summed E-state index contributed by atoms with van der Waals surface area (Å²) in [6, 6.07) is 15.2. The summed E-state index contributed by atoms with van der Waals surface area (Å²) in [5, 5.41) is 3.03. The fraction of sp³-hybridized carbons (Fsp3) is 0.409. The van der Waals surface area contributed by atoms with Crippen LogP contribution in [0.4, 0.5) is 5.69 Å². The zero-order valence-electron chi connectivity index (χ0n) is 17.3. The van der Waals surface area contributed by atoms with E-state index in [0.29, 0.717) is 11.6 Å². The molecule has 0 aliphatic carbocycles. The molecule has 0 saturated heterocycles. The highest BCUT2D eigenvalue weighted by atomic mass is 32.2. The van der Waals surface area contributed by atoms with Crippen LogP contribution in [0.5, 0.6) is 0 Å². The Morgan fingerprint density at radius 1 is 1.07 bits per heavy atom. The predicted octanol–water partition coefficient (Wildman–Crippen LogP) is 3.97. The molecule has 1 atom stereocenters. The minimum absolute atomic E-state index is 0.159. The van der Waals surface area contributed by atoms with Crippen LogP contribution in [0.2, 0.25) is 0 Å². The van der Waals surface area contributed by atoms with Crippen molar-refractivity contribution in [2.75, 3.05) is 17.1 Å². The van der Waals surface area contributed by atoms with E-state index >= 15 is 0 Å². The lowest BCUT2D eigenvalue weighted by atomic mass is 9.97. The molecule has 0 spiro atoms. The van der Waals surface area contributed by atoms with Crippen LogP contribution in [0.3, 0.4) is 0 Å². The van der Waals surface area contributed by atoms with Crippen molar-refractivity contribution in [2.24, 2.45) is 5.92 Å². The standard InChI is InChI=1S/C22H30N2O3S/c1-16(2)13-20(19-9-7-6-8-10-19)23-22(25)15-24(28(5,26)27)21-14-17(3)11-12-18(21)4/h6-12,14,16,20H,13,15H2,1-5H3,(H,23,25)/t20-/m1/s1. The minimum atomic E-state index is -3.60. The number of carbonyl (C=O) groups excluding carboxylic acids is 1. The Hall–Kier alpha value is -2.34. The van der Waals surface area contributed by atoms with Crippen molar-refractivity contribution in [3.63, 3.8) is 0 Å². The van der Waals surface area contributed by atoms with Gasteiger partial charge in [-0.15, -0.1) is 0 Å². The van der Waals surface area contributed by atoms with Crippen molar-refractivity contribution in [3.8, 4) is 0 Å². The van der Waals surface area contributed by atoms with Crippen LogP contribution in [0.15, 0.2) is 48.5 Å². The SMILES string of the molecule is Cc1ccc(C)c(N(CC(=O)N[C@H](CC(C)C)c2ccccc2)S(C)(=O)=O)c1. The molecule has 2 aromatic carbocycles. The lowest BCUT2D eigenvalue weighted by Gasteiger charge is -2.26. The fourth-order valence-electron chi connectivity index (χ4n) is 3.17. The smallest absolute Gasteiger partial charge is 0.241 e. The number of hydrogen-bond donors (Lipinski definition) is 1. The molecule has 152 valence electrons. The summed E-state index contributed by atoms with van der Waals surface area (Å²) in [6.45, 7) is 7.69. The van der Waals surface area contributed by atoms with Crippen LogP contribution in [0.1, 0.15) is 43.0 Å². The Morgan fingerprint density at radius 2 is 1.71 bits per heavy atom. The zero-order valence-corrected chi connectivity index (χ0v) is 18.1. The molecular weight excluding hydrogens is 372 g/mol. The lowest BCUT2D eigenvalue weighted by molar-refractivity contribution is -0.120. The van der Waals surface area contributed by atoms with Gasteiger partial charge in [0.25, 0.3) is 0 Å². The van der Waals surface area contributed by atoms with E-state index in [2.05, 4.69) is 19.2 Å². The number of amides is 1. The van der Waals surface area contributed by atoms with Crippen LogP contribution in [-0.2, 0) is 14.8 Å². The van der Waals surface area contributed by atoms with Gasteiger partial charge < -0.3 is 5.32 Å². The highest BCUT2D eigenvalue weighted by Crippen LogP contribution is 2.25. The topological polar surface area (TPSA) is 66.5 Å². The molecule has 0 aliphatic rings. The van der Waals surface area contributed by atoms with E-state index in [-0.39, 0.29) is 18.5 Å². The number of carbonyl (C=O) groups is 1. The van der Waals surface area contributed by atoms with E-state index in [1.165, 1.54) is 4.31 Å². The van der Waals surface area contributed by atoms with Crippen LogP contribution in [-0.4, -0.2) is 27.1 Å². The Kier molecular flexibility index (Phi) is 7.24. The molecule has 1 amide bonds. The molecule has 0 saturated carbocycles. The second kappa shape index (κ2) is 9.24. The van der Waals surface area contributed by atoms with Crippen molar-refractivity contribution in [3.05, 3.63) is 65.2 Å². The van der Waals surface area contributed by atoms with Gasteiger partial charge in [0.05, 0.1) is 18.0 Å². The van der Waals surface area contributed by atoms with Gasteiger partial charge in [0.15, 0.2) is 0 Å². The number of nitrogens with zero attached hydrogens (tertiary/aromatic N) is 1. The summed E-state index contributed by atoms with van der Waals surface area (Å²) in [5.74, 6) is 0.0661. The molecule has 1 N–H and O–H groups in total. The molecular formula is C22H30N2O3S. The van der Waals surface area contributed by atoms with E-state index in [9.17, 15) is 13.2 Å². The Morgan fingerprint density at radius 3 is 2.29 bits per heavy atom. The molecule has 2 rings (SSSR count). The fourth-order valence-corrected chi connectivity index (χ4v) is 4.08. The van der Waals surface area contributed by atoms with E-state index in [1.807, 2.05) is 56.3 Å². The molecule has 0 unspecified atom stereocenters. The van der Waals surface area contributed by atoms with Crippen molar-refractivity contribution in [2.45, 2.75) is 40.2 Å². The average Bonchev–Trinajstić information content (AvgIpc) is 2.61. The number of rotatable bonds is 8. The van der Waals surface area contributed by atoms with Crippen molar-refractivity contribution < 1.29 is 13.2 Å². The van der Waals surface area contributed by atoms with Crippen LogP contribution >= 0.6 is 0 Å². The number of benzene rings is 2. The monoisotopic (exact) mass is 402 g/mol. The Bertz CT molecular complexity index is 909. The largest absolute Gasteiger partial charge is 0.348 e. The van der Waals surface area contributed by atoms with E-state index in [0.717, 1.165) is 29.4 Å². The number of sulfonamides is 1. The Labute approximate surface area is 168 Å². The molecule has 0 radical (unpaired) electrons. The highest BCUT2D eigenvalue weighted by Gasteiger charge is 2.24. The second-order valence-corrected chi connectivity index (χ2v) is 9.63. The average molecular weight is 403 g/mol. The van der Waals surface area contributed by atoms with Gasteiger partial charge >= 0.3 is 0 Å². The first kappa shape index (κ1) is 22.0. The van der Waals surface area contributed by atoms with Gasteiger partial charge in [-0.25, -0.2) is 8.42 Å². The third-order valence-corrected chi connectivity index (χ3v) is 5.69. The summed E-state index contributed by atoms with van der Waals surface area (Å²) in [7, 11) is -3.60. The van der Waals surface area contributed by atoms with Crippen LogP contribution in [0, 0.1) is 19.8 Å². The van der Waals surface area contributed by atoms with Gasteiger partial charge in [0, 0.05) is 0 Å². The molecule has 28 heavy (non-hydrogen) atoms. The molecule has 0 aliphatic heterocycles. The van der Waals surface area contributed by atoms with E-state index in [1.54, 1.807) is 6.07 Å².